The van der Waals surface area contributed by atoms with E-state index < -0.39 is 4.92 Å². The highest BCUT2D eigenvalue weighted by Gasteiger charge is 2.16. The number of para-hydroxylation sites is 1. The third-order valence-electron chi connectivity index (χ3n) is 4.47. The van der Waals surface area contributed by atoms with Gasteiger partial charge in [-0.25, -0.2) is 4.98 Å². The number of carbonyl (C=O) groups is 1. The third kappa shape index (κ3) is 4.66. The molecule has 1 heterocycles. The molecule has 0 aliphatic rings. The van der Waals surface area contributed by atoms with Crippen LogP contribution in [0.5, 0.6) is 0 Å². The molecule has 1 amide bonds. The van der Waals surface area contributed by atoms with E-state index in [4.69, 9.17) is 5.11 Å². The van der Waals surface area contributed by atoms with E-state index in [1.165, 1.54) is 16.7 Å². The first-order valence-electron chi connectivity index (χ1n) is 9.19. The van der Waals surface area contributed by atoms with Crippen molar-refractivity contribution in [2.45, 2.75) is 25.0 Å². The van der Waals surface area contributed by atoms with E-state index in [0.29, 0.717) is 33.7 Å². The van der Waals surface area contributed by atoms with Gasteiger partial charge >= 0.3 is 0 Å². The zero-order valence-corrected chi connectivity index (χ0v) is 17.0. The topological polar surface area (TPSA) is 127 Å². The molecule has 0 saturated carbocycles. The molecule has 30 heavy (non-hydrogen) atoms. The molecule has 0 atom stereocenters. The molecule has 1 aromatic heterocycles. The SMILES string of the molecule is Cc1c(NC(=O)CSc2nc3ccccc3c(=O)n2CCCO)cccc1[N+](=O)[O-]. The number of thioether (sulfide) groups is 1. The smallest absolute Gasteiger partial charge is 0.274 e. The average molecular weight is 428 g/mol. The number of nitrogens with zero attached hydrogens (tertiary/aromatic N) is 3. The molecule has 3 aromatic rings. The molecule has 0 aliphatic heterocycles. The Morgan fingerprint density at radius 2 is 2.03 bits per heavy atom. The summed E-state index contributed by atoms with van der Waals surface area (Å²) in [5.41, 5.74) is 0.949. The van der Waals surface area contributed by atoms with Crippen molar-refractivity contribution in [2.24, 2.45) is 0 Å². The van der Waals surface area contributed by atoms with Crippen molar-refractivity contribution in [3.05, 3.63) is 68.5 Å². The maximum absolute atomic E-state index is 12.8. The van der Waals surface area contributed by atoms with E-state index in [2.05, 4.69) is 10.3 Å². The number of nitro groups is 1. The maximum atomic E-state index is 12.8. The van der Waals surface area contributed by atoms with Crippen LogP contribution in [0.3, 0.4) is 0 Å². The van der Waals surface area contributed by atoms with Crippen molar-refractivity contribution in [1.29, 1.82) is 0 Å². The van der Waals surface area contributed by atoms with Crippen molar-refractivity contribution < 1.29 is 14.8 Å². The minimum absolute atomic E-state index is 0.0357. The van der Waals surface area contributed by atoms with E-state index >= 15 is 0 Å². The monoisotopic (exact) mass is 428 g/mol. The lowest BCUT2D eigenvalue weighted by Crippen LogP contribution is -2.25. The number of hydrogen-bond acceptors (Lipinski definition) is 7. The number of rotatable bonds is 8. The zero-order valence-electron chi connectivity index (χ0n) is 16.2. The second kappa shape index (κ2) is 9.51. The highest BCUT2D eigenvalue weighted by atomic mass is 32.2. The van der Waals surface area contributed by atoms with Gasteiger partial charge in [0.05, 0.1) is 32.8 Å². The molecule has 0 saturated heterocycles. The summed E-state index contributed by atoms with van der Waals surface area (Å²) in [5.74, 6) is -0.411. The number of amides is 1. The molecular formula is C20H20N4O5S. The van der Waals surface area contributed by atoms with Crippen LogP contribution in [0.15, 0.2) is 52.4 Å². The summed E-state index contributed by atoms with van der Waals surface area (Å²) in [5, 5.41) is 23.7. The van der Waals surface area contributed by atoms with Crippen LogP contribution in [0.2, 0.25) is 0 Å². The number of carbonyl (C=O) groups excluding carboxylic acids is 1. The quantitative estimate of drug-likeness (QED) is 0.244. The van der Waals surface area contributed by atoms with Gasteiger partial charge in [-0.15, -0.1) is 0 Å². The van der Waals surface area contributed by atoms with Crippen molar-refractivity contribution in [3.63, 3.8) is 0 Å². The third-order valence-corrected chi connectivity index (χ3v) is 5.45. The molecule has 2 N–H and O–H groups in total. The first-order chi connectivity index (χ1) is 14.4. The summed E-state index contributed by atoms with van der Waals surface area (Å²) in [4.78, 5) is 40.3. The first kappa shape index (κ1) is 21.5. The number of fused-ring (bicyclic) bond motifs is 1. The number of anilines is 1. The van der Waals surface area contributed by atoms with Gasteiger partial charge in [0.15, 0.2) is 5.16 Å². The largest absolute Gasteiger partial charge is 0.396 e. The lowest BCUT2D eigenvalue weighted by molar-refractivity contribution is -0.385. The van der Waals surface area contributed by atoms with Crippen molar-refractivity contribution in [2.75, 3.05) is 17.7 Å². The molecule has 9 nitrogen and oxygen atoms in total. The van der Waals surface area contributed by atoms with Gasteiger partial charge in [-0.2, -0.15) is 0 Å². The van der Waals surface area contributed by atoms with E-state index in [-0.39, 0.29) is 36.1 Å². The zero-order chi connectivity index (χ0) is 21.7. The molecule has 0 bridgehead atoms. The van der Waals surface area contributed by atoms with Crippen LogP contribution in [0, 0.1) is 17.0 Å². The Hall–Kier alpha value is -3.24. The van der Waals surface area contributed by atoms with Crippen molar-refractivity contribution >= 4 is 39.9 Å². The second-order valence-corrected chi connectivity index (χ2v) is 7.43. The maximum Gasteiger partial charge on any atom is 0.274 e. The Morgan fingerprint density at radius 1 is 1.27 bits per heavy atom. The van der Waals surface area contributed by atoms with Gasteiger partial charge in [0.2, 0.25) is 5.91 Å². The highest BCUT2D eigenvalue weighted by molar-refractivity contribution is 7.99. The summed E-state index contributed by atoms with van der Waals surface area (Å²) >= 11 is 1.09. The lowest BCUT2D eigenvalue weighted by Gasteiger charge is -2.13. The van der Waals surface area contributed by atoms with Crippen molar-refractivity contribution in [1.82, 2.24) is 9.55 Å². The number of aliphatic hydroxyl groups is 1. The average Bonchev–Trinajstić information content (AvgIpc) is 2.73. The summed E-state index contributed by atoms with van der Waals surface area (Å²) in [6.45, 7) is 1.77. The number of nitrogens with one attached hydrogen (secondary N) is 1. The van der Waals surface area contributed by atoms with Gasteiger partial charge in [0.1, 0.15) is 0 Å². The summed E-state index contributed by atoms with van der Waals surface area (Å²) in [6.07, 6.45) is 0.382. The Morgan fingerprint density at radius 3 is 2.77 bits per heavy atom. The van der Waals surface area contributed by atoms with Gasteiger partial charge in [-0.1, -0.05) is 30.0 Å². The minimum Gasteiger partial charge on any atom is -0.396 e. The number of benzene rings is 2. The fourth-order valence-corrected chi connectivity index (χ4v) is 3.78. The van der Waals surface area contributed by atoms with Crippen LogP contribution < -0.4 is 10.9 Å². The second-order valence-electron chi connectivity index (χ2n) is 6.49. The molecule has 2 aromatic carbocycles. The fourth-order valence-electron chi connectivity index (χ4n) is 2.96. The van der Waals surface area contributed by atoms with E-state index in [1.54, 1.807) is 37.3 Å². The molecule has 0 aliphatic carbocycles. The van der Waals surface area contributed by atoms with Crippen LogP contribution in [0.25, 0.3) is 10.9 Å². The van der Waals surface area contributed by atoms with Gasteiger partial charge in [0.25, 0.3) is 11.2 Å². The molecule has 10 heteroatoms. The number of aromatic nitrogens is 2. The normalized spacial score (nSPS) is 10.9. The standard InChI is InChI=1S/C20H20N4O5S/c1-13-15(8-4-9-17(13)24(28)29)21-18(26)12-30-20-22-16-7-3-2-6-14(16)19(27)23(20)10-5-11-25/h2-4,6-9,25H,5,10-12H2,1H3,(H,21,26). The fraction of sp³-hybridized carbons (Fsp3) is 0.250. The number of nitro benzene ring substituents is 1. The first-order valence-corrected chi connectivity index (χ1v) is 10.2. The molecule has 0 fully saturated rings. The van der Waals surface area contributed by atoms with Gasteiger partial charge < -0.3 is 10.4 Å². The van der Waals surface area contributed by atoms with Crippen molar-refractivity contribution in [3.8, 4) is 0 Å². The number of hydrogen-bond donors (Lipinski definition) is 2. The van der Waals surface area contributed by atoms with E-state index in [9.17, 15) is 19.7 Å². The van der Waals surface area contributed by atoms with Gasteiger partial charge in [-0.05, 0) is 31.5 Å². The summed E-state index contributed by atoms with van der Waals surface area (Å²) < 4.78 is 1.45. The van der Waals surface area contributed by atoms with E-state index in [0.717, 1.165) is 11.8 Å². The molecule has 0 spiro atoms. The highest BCUT2D eigenvalue weighted by Crippen LogP contribution is 2.25. The minimum atomic E-state index is -0.501. The summed E-state index contributed by atoms with van der Waals surface area (Å²) in [6, 6.07) is 11.4. The van der Waals surface area contributed by atoms with Crippen LogP contribution in [-0.2, 0) is 11.3 Å². The Kier molecular flexibility index (Phi) is 6.80. The predicted octanol–water partition coefficient (Wildman–Crippen LogP) is 2.73. The Bertz CT molecular complexity index is 1160. The van der Waals surface area contributed by atoms with Crippen LogP contribution in [0.4, 0.5) is 11.4 Å². The molecule has 156 valence electrons. The Balaban J connectivity index is 1.81. The molecular weight excluding hydrogens is 408 g/mol. The predicted molar refractivity (Wildman–Crippen MR) is 115 cm³/mol. The molecule has 3 rings (SSSR count). The molecule has 0 radical (unpaired) electrons. The van der Waals surface area contributed by atoms with Crippen LogP contribution in [-0.4, -0.2) is 37.8 Å². The van der Waals surface area contributed by atoms with Gasteiger partial charge in [0, 0.05) is 19.2 Å². The molecule has 0 unspecified atom stereocenters. The van der Waals surface area contributed by atoms with Gasteiger partial charge in [-0.3, -0.25) is 24.3 Å². The lowest BCUT2D eigenvalue weighted by atomic mass is 10.1. The Labute approximate surface area is 175 Å². The van der Waals surface area contributed by atoms with Crippen LogP contribution >= 0.6 is 11.8 Å². The number of aliphatic hydroxyl groups excluding tert-OH is 1. The van der Waals surface area contributed by atoms with E-state index in [1.807, 2.05) is 0 Å². The van der Waals surface area contributed by atoms with Crippen LogP contribution in [0.1, 0.15) is 12.0 Å². The summed E-state index contributed by atoms with van der Waals surface area (Å²) in [7, 11) is 0.